The van der Waals surface area contributed by atoms with Crippen molar-refractivity contribution in [3.05, 3.63) is 28.5 Å². The molecule has 96 valence electrons. The van der Waals surface area contributed by atoms with Crippen molar-refractivity contribution in [1.82, 2.24) is 4.98 Å². The lowest BCUT2D eigenvalue weighted by Crippen LogP contribution is -2.06. The molecule has 7 heteroatoms. The fraction of sp³-hybridized carbons (Fsp3) is 0.273. The predicted molar refractivity (Wildman–Crippen MR) is 57.8 cm³/mol. The summed E-state index contributed by atoms with van der Waals surface area (Å²) in [6.07, 6.45) is -3.95. The minimum absolute atomic E-state index is 0.127. The number of aromatic nitrogens is 1. The second-order valence-corrected chi connectivity index (χ2v) is 3.39. The molecule has 0 radical (unpaired) electrons. The van der Waals surface area contributed by atoms with E-state index in [2.05, 4.69) is 15.6 Å². The zero-order valence-electron chi connectivity index (χ0n) is 9.14. The van der Waals surface area contributed by atoms with Gasteiger partial charge in [0.2, 0.25) is 0 Å². The Morgan fingerprint density at radius 1 is 1.56 bits per heavy atom. The van der Waals surface area contributed by atoms with Crippen molar-refractivity contribution in [2.45, 2.75) is 13.1 Å². The molecule has 3 nitrogen and oxygen atoms in total. The van der Waals surface area contributed by atoms with E-state index in [1.807, 2.05) is 5.92 Å². The summed E-state index contributed by atoms with van der Waals surface area (Å²) in [7, 11) is 0. The molecule has 0 aliphatic carbocycles. The van der Waals surface area contributed by atoms with E-state index in [1.165, 1.54) is 0 Å². The summed E-state index contributed by atoms with van der Waals surface area (Å²) in [4.78, 5) is 14.3. The van der Waals surface area contributed by atoms with Crippen LogP contribution in [-0.4, -0.2) is 17.6 Å². The van der Waals surface area contributed by atoms with Crippen molar-refractivity contribution in [3.8, 4) is 11.8 Å². The van der Waals surface area contributed by atoms with E-state index in [0.29, 0.717) is 6.20 Å². The van der Waals surface area contributed by atoms with Gasteiger partial charge in [-0.3, -0.25) is 0 Å². The molecule has 0 spiro atoms. The number of halogens is 4. The third-order valence-electron chi connectivity index (χ3n) is 1.74. The van der Waals surface area contributed by atoms with Crippen LogP contribution in [0.2, 0.25) is 5.15 Å². The van der Waals surface area contributed by atoms with Gasteiger partial charge in [0, 0.05) is 12.1 Å². The Kier molecular flexibility index (Phi) is 4.56. The van der Waals surface area contributed by atoms with Gasteiger partial charge in [-0.1, -0.05) is 17.5 Å². The second-order valence-electron chi connectivity index (χ2n) is 3.03. The van der Waals surface area contributed by atoms with Crippen LogP contribution in [0, 0.1) is 11.8 Å². The molecule has 1 rings (SSSR count). The Morgan fingerprint density at radius 3 is 2.78 bits per heavy atom. The van der Waals surface area contributed by atoms with Crippen molar-refractivity contribution in [2.24, 2.45) is 0 Å². The molecule has 0 aromatic carbocycles. The lowest BCUT2D eigenvalue weighted by atomic mass is 10.2. The number of ether oxygens (including phenoxy) is 1. The number of carbonyl (C=O) groups excluding carboxylic acids is 1. The number of alkyl halides is 3. The third-order valence-corrected chi connectivity index (χ3v) is 2.04. The number of hydrogen-bond acceptors (Lipinski definition) is 3. The van der Waals surface area contributed by atoms with Crippen LogP contribution in [0.5, 0.6) is 0 Å². The van der Waals surface area contributed by atoms with Crippen LogP contribution in [-0.2, 0) is 15.7 Å². The summed E-state index contributed by atoms with van der Waals surface area (Å²) in [6.45, 7) is 1.71. The quantitative estimate of drug-likeness (QED) is 0.450. The Balaban J connectivity index is 3.06. The molecule has 0 aliphatic rings. The molecule has 18 heavy (non-hydrogen) atoms. The first kappa shape index (κ1) is 14.3. The monoisotopic (exact) mass is 277 g/mol. The Bertz CT molecular complexity index is 517. The molecule has 0 saturated heterocycles. The standard InChI is InChI=1S/C11H7ClF3NO2/c1-2-18-9(17)4-3-7-5-8(11(13,14)15)6-16-10(7)12/h5-6H,2H2,1H3. The van der Waals surface area contributed by atoms with Gasteiger partial charge in [-0.25, -0.2) is 9.78 Å². The molecule has 1 heterocycles. The van der Waals surface area contributed by atoms with Crippen LogP contribution in [0.15, 0.2) is 12.3 Å². The van der Waals surface area contributed by atoms with E-state index < -0.39 is 17.7 Å². The Morgan fingerprint density at radius 2 is 2.22 bits per heavy atom. The number of hydrogen-bond donors (Lipinski definition) is 0. The summed E-state index contributed by atoms with van der Waals surface area (Å²) < 4.78 is 41.7. The topological polar surface area (TPSA) is 39.2 Å². The van der Waals surface area contributed by atoms with E-state index in [9.17, 15) is 18.0 Å². The average Bonchev–Trinajstić information content (AvgIpc) is 2.26. The predicted octanol–water partition coefficient (Wildman–Crippen LogP) is 2.67. The van der Waals surface area contributed by atoms with Gasteiger partial charge < -0.3 is 4.74 Å². The van der Waals surface area contributed by atoms with Crippen LogP contribution in [0.1, 0.15) is 18.1 Å². The molecule has 0 saturated carbocycles. The zero-order chi connectivity index (χ0) is 13.8. The van der Waals surface area contributed by atoms with Gasteiger partial charge in [0.05, 0.1) is 17.7 Å². The highest BCUT2D eigenvalue weighted by atomic mass is 35.5. The van der Waals surface area contributed by atoms with E-state index in [1.54, 1.807) is 6.92 Å². The van der Waals surface area contributed by atoms with Crippen molar-refractivity contribution >= 4 is 17.6 Å². The number of pyridine rings is 1. The van der Waals surface area contributed by atoms with Crippen LogP contribution in [0.4, 0.5) is 13.2 Å². The molecular formula is C11H7ClF3NO2. The highest BCUT2D eigenvalue weighted by Crippen LogP contribution is 2.30. The van der Waals surface area contributed by atoms with Crippen molar-refractivity contribution in [1.29, 1.82) is 0 Å². The van der Waals surface area contributed by atoms with Gasteiger partial charge in [-0.15, -0.1) is 0 Å². The van der Waals surface area contributed by atoms with Gasteiger partial charge in [0.1, 0.15) is 5.15 Å². The Hall–Kier alpha value is -1.74. The molecule has 0 bridgehead atoms. The fourth-order valence-electron chi connectivity index (χ4n) is 0.976. The number of nitrogens with zero attached hydrogens (tertiary/aromatic N) is 1. The van der Waals surface area contributed by atoms with E-state index >= 15 is 0 Å². The summed E-state index contributed by atoms with van der Waals surface area (Å²) in [6, 6.07) is 0.724. The van der Waals surface area contributed by atoms with Crippen molar-refractivity contribution in [2.75, 3.05) is 6.61 Å². The molecular weight excluding hydrogens is 271 g/mol. The van der Waals surface area contributed by atoms with E-state index in [-0.39, 0.29) is 17.3 Å². The van der Waals surface area contributed by atoms with Crippen LogP contribution >= 0.6 is 11.6 Å². The molecule has 1 aromatic heterocycles. The first-order valence-corrected chi connectivity index (χ1v) is 5.14. The van der Waals surface area contributed by atoms with Gasteiger partial charge in [-0.05, 0) is 13.0 Å². The van der Waals surface area contributed by atoms with E-state index in [0.717, 1.165) is 6.07 Å². The highest BCUT2D eigenvalue weighted by Gasteiger charge is 2.31. The molecule has 0 amide bonds. The summed E-state index contributed by atoms with van der Waals surface area (Å²) in [5.41, 5.74) is -1.17. The smallest absolute Gasteiger partial charge is 0.417 e. The van der Waals surface area contributed by atoms with Gasteiger partial charge in [0.25, 0.3) is 0 Å². The number of rotatable bonds is 1. The second kappa shape index (κ2) is 5.74. The molecule has 0 atom stereocenters. The van der Waals surface area contributed by atoms with Gasteiger partial charge in [-0.2, -0.15) is 13.2 Å². The molecule has 0 N–H and O–H groups in total. The SMILES string of the molecule is CCOC(=O)C#Cc1cc(C(F)(F)F)cnc1Cl. The van der Waals surface area contributed by atoms with Crippen LogP contribution in [0.25, 0.3) is 0 Å². The maximum absolute atomic E-state index is 12.4. The normalized spacial score (nSPS) is 10.5. The average molecular weight is 278 g/mol. The minimum Gasteiger partial charge on any atom is -0.456 e. The van der Waals surface area contributed by atoms with Crippen molar-refractivity contribution in [3.63, 3.8) is 0 Å². The summed E-state index contributed by atoms with van der Waals surface area (Å²) in [5, 5.41) is -0.209. The lowest BCUT2D eigenvalue weighted by Gasteiger charge is -2.06. The van der Waals surface area contributed by atoms with Crippen molar-refractivity contribution < 1.29 is 22.7 Å². The van der Waals surface area contributed by atoms with E-state index in [4.69, 9.17) is 11.6 Å². The molecule has 0 fully saturated rings. The molecule has 0 unspecified atom stereocenters. The van der Waals surface area contributed by atoms with Gasteiger partial charge >= 0.3 is 12.1 Å². The Labute approximate surface area is 106 Å². The third kappa shape index (κ3) is 3.93. The highest BCUT2D eigenvalue weighted by molar-refractivity contribution is 6.30. The summed E-state index contributed by atoms with van der Waals surface area (Å²) in [5.74, 6) is 3.37. The van der Waals surface area contributed by atoms with Crippen LogP contribution in [0.3, 0.4) is 0 Å². The lowest BCUT2D eigenvalue weighted by molar-refractivity contribution is -0.138. The maximum atomic E-state index is 12.4. The van der Waals surface area contributed by atoms with Gasteiger partial charge in [0.15, 0.2) is 0 Å². The largest absolute Gasteiger partial charge is 0.456 e. The maximum Gasteiger partial charge on any atom is 0.417 e. The summed E-state index contributed by atoms with van der Waals surface area (Å²) >= 11 is 5.57. The first-order valence-electron chi connectivity index (χ1n) is 4.76. The minimum atomic E-state index is -4.54. The zero-order valence-corrected chi connectivity index (χ0v) is 9.89. The molecule has 1 aromatic rings. The first-order chi connectivity index (χ1) is 8.34. The number of esters is 1. The van der Waals surface area contributed by atoms with Crippen LogP contribution < -0.4 is 0 Å². The number of carbonyl (C=O) groups is 1. The molecule has 0 aliphatic heterocycles. The fourth-order valence-corrected chi connectivity index (χ4v) is 1.13.